The smallest absolute Gasteiger partial charge is 0.323 e. The van der Waals surface area contributed by atoms with Crippen LogP contribution in [0.5, 0.6) is 0 Å². The Hall–Kier alpha value is -1.82. The second-order valence-electron chi connectivity index (χ2n) is 4.90. The minimum Gasteiger partial charge on any atom is -0.480 e. The van der Waals surface area contributed by atoms with E-state index in [1.165, 1.54) is 6.26 Å². The summed E-state index contributed by atoms with van der Waals surface area (Å²) in [5.41, 5.74) is -0.929. The maximum absolute atomic E-state index is 11.9. The minimum absolute atomic E-state index is 0.232. The molecule has 0 aromatic carbocycles. The molecule has 1 fully saturated rings. The molecule has 3 N–H and O–H groups in total. The highest BCUT2D eigenvalue weighted by atomic mass is 16.4. The summed E-state index contributed by atoms with van der Waals surface area (Å²) < 4.78 is 5.11. The SMILES string of the molecule is CC(NC1(C(=O)O)CCC1)C(=O)NCc1ccco1. The second-order valence-corrected chi connectivity index (χ2v) is 4.90. The van der Waals surface area contributed by atoms with Gasteiger partial charge >= 0.3 is 5.97 Å². The van der Waals surface area contributed by atoms with Gasteiger partial charge in [-0.05, 0) is 38.3 Å². The lowest BCUT2D eigenvalue weighted by Gasteiger charge is -2.40. The van der Waals surface area contributed by atoms with Crippen LogP contribution >= 0.6 is 0 Å². The lowest BCUT2D eigenvalue weighted by molar-refractivity contribution is -0.149. The van der Waals surface area contributed by atoms with E-state index in [0.717, 1.165) is 6.42 Å². The van der Waals surface area contributed by atoms with Gasteiger partial charge in [-0.15, -0.1) is 0 Å². The molecule has 0 bridgehead atoms. The Morgan fingerprint density at radius 2 is 2.26 bits per heavy atom. The van der Waals surface area contributed by atoms with E-state index in [4.69, 9.17) is 4.42 Å². The summed E-state index contributed by atoms with van der Waals surface area (Å²) in [4.78, 5) is 23.1. The number of carbonyl (C=O) groups is 2. The number of amides is 1. The van der Waals surface area contributed by atoms with Crippen molar-refractivity contribution in [1.82, 2.24) is 10.6 Å². The highest BCUT2D eigenvalue weighted by Crippen LogP contribution is 2.32. The summed E-state index contributed by atoms with van der Waals surface area (Å²) in [6.07, 6.45) is 3.55. The monoisotopic (exact) mass is 266 g/mol. The average molecular weight is 266 g/mol. The van der Waals surface area contributed by atoms with Crippen LogP contribution in [0, 0.1) is 0 Å². The third kappa shape index (κ3) is 2.96. The molecule has 1 atom stereocenters. The zero-order chi connectivity index (χ0) is 13.9. The van der Waals surface area contributed by atoms with Crippen molar-refractivity contribution in [3.05, 3.63) is 24.2 Å². The van der Waals surface area contributed by atoms with Crippen molar-refractivity contribution in [2.75, 3.05) is 0 Å². The second kappa shape index (κ2) is 5.44. The van der Waals surface area contributed by atoms with Crippen molar-refractivity contribution in [1.29, 1.82) is 0 Å². The normalized spacial score (nSPS) is 18.4. The molecule has 1 aliphatic carbocycles. The standard InChI is InChI=1S/C13H18N2O4/c1-9(15-13(12(17)18)5-3-6-13)11(16)14-8-10-4-2-7-19-10/h2,4,7,9,15H,3,5-6,8H2,1H3,(H,14,16)(H,17,18). The number of rotatable bonds is 6. The molecule has 1 heterocycles. The third-order valence-corrected chi connectivity index (χ3v) is 3.52. The van der Waals surface area contributed by atoms with E-state index in [1.54, 1.807) is 19.1 Å². The van der Waals surface area contributed by atoms with Gasteiger partial charge in [-0.3, -0.25) is 14.9 Å². The first-order valence-corrected chi connectivity index (χ1v) is 6.35. The first-order chi connectivity index (χ1) is 9.03. The van der Waals surface area contributed by atoms with Gasteiger partial charge < -0.3 is 14.8 Å². The van der Waals surface area contributed by atoms with Gasteiger partial charge in [-0.2, -0.15) is 0 Å². The molecule has 104 valence electrons. The molecule has 0 radical (unpaired) electrons. The van der Waals surface area contributed by atoms with E-state index in [-0.39, 0.29) is 5.91 Å². The molecule has 6 heteroatoms. The number of aliphatic carboxylic acids is 1. The van der Waals surface area contributed by atoms with Crippen LogP contribution in [0.3, 0.4) is 0 Å². The summed E-state index contributed by atoms with van der Waals surface area (Å²) in [7, 11) is 0. The Balaban J connectivity index is 1.83. The van der Waals surface area contributed by atoms with Crippen molar-refractivity contribution in [2.45, 2.75) is 44.3 Å². The lowest BCUT2D eigenvalue weighted by atomic mass is 9.76. The van der Waals surface area contributed by atoms with Crippen LogP contribution in [-0.4, -0.2) is 28.6 Å². The molecule has 1 aromatic heterocycles. The zero-order valence-corrected chi connectivity index (χ0v) is 10.8. The van der Waals surface area contributed by atoms with E-state index in [2.05, 4.69) is 10.6 Å². The van der Waals surface area contributed by atoms with Gasteiger partial charge in [0.2, 0.25) is 5.91 Å². The highest BCUT2D eigenvalue weighted by Gasteiger charge is 2.45. The molecule has 2 rings (SSSR count). The molecule has 6 nitrogen and oxygen atoms in total. The lowest BCUT2D eigenvalue weighted by Crippen LogP contribution is -2.62. The van der Waals surface area contributed by atoms with E-state index in [0.29, 0.717) is 25.1 Å². The molecular formula is C13H18N2O4. The van der Waals surface area contributed by atoms with Crippen LogP contribution in [0.2, 0.25) is 0 Å². The summed E-state index contributed by atoms with van der Waals surface area (Å²) in [6.45, 7) is 1.97. The van der Waals surface area contributed by atoms with E-state index >= 15 is 0 Å². The molecule has 19 heavy (non-hydrogen) atoms. The van der Waals surface area contributed by atoms with Crippen LogP contribution in [0.15, 0.2) is 22.8 Å². The van der Waals surface area contributed by atoms with Gasteiger partial charge in [0.05, 0.1) is 18.8 Å². The summed E-state index contributed by atoms with van der Waals surface area (Å²) in [6, 6.07) is 2.96. The van der Waals surface area contributed by atoms with Gasteiger partial charge in [0.25, 0.3) is 0 Å². The van der Waals surface area contributed by atoms with Crippen LogP contribution in [-0.2, 0) is 16.1 Å². The number of furan rings is 1. The fourth-order valence-corrected chi connectivity index (χ4v) is 2.17. The highest BCUT2D eigenvalue weighted by molar-refractivity contribution is 5.84. The van der Waals surface area contributed by atoms with Crippen molar-refractivity contribution in [2.24, 2.45) is 0 Å². The maximum Gasteiger partial charge on any atom is 0.323 e. The van der Waals surface area contributed by atoms with Gasteiger partial charge in [0, 0.05) is 0 Å². The number of hydrogen-bond donors (Lipinski definition) is 3. The summed E-state index contributed by atoms with van der Waals surface area (Å²) >= 11 is 0. The van der Waals surface area contributed by atoms with Gasteiger partial charge in [-0.25, -0.2) is 0 Å². The van der Waals surface area contributed by atoms with E-state index < -0.39 is 17.6 Å². The molecule has 1 aromatic rings. The Morgan fingerprint density at radius 1 is 1.53 bits per heavy atom. The molecule has 0 saturated heterocycles. The van der Waals surface area contributed by atoms with Crippen molar-refractivity contribution in [3.63, 3.8) is 0 Å². The Bertz CT molecular complexity index is 451. The average Bonchev–Trinajstić information content (AvgIpc) is 2.82. The number of carbonyl (C=O) groups excluding carboxylic acids is 1. The number of carboxylic acid groups (broad SMARTS) is 1. The predicted octanol–water partition coefficient (Wildman–Crippen LogP) is 0.881. The quantitative estimate of drug-likeness (QED) is 0.711. The van der Waals surface area contributed by atoms with Crippen LogP contribution in [0.4, 0.5) is 0 Å². The molecule has 1 amide bonds. The molecule has 1 saturated carbocycles. The Morgan fingerprint density at radius 3 is 2.74 bits per heavy atom. The number of nitrogens with one attached hydrogen (secondary N) is 2. The third-order valence-electron chi connectivity index (χ3n) is 3.52. The van der Waals surface area contributed by atoms with Crippen LogP contribution in [0.25, 0.3) is 0 Å². The summed E-state index contributed by atoms with van der Waals surface area (Å²) in [5.74, 6) is -0.453. The Labute approximate surface area is 111 Å². The topological polar surface area (TPSA) is 91.6 Å². The predicted molar refractivity (Wildman–Crippen MR) is 67.4 cm³/mol. The Kier molecular flexibility index (Phi) is 3.90. The van der Waals surface area contributed by atoms with E-state index in [9.17, 15) is 14.7 Å². The van der Waals surface area contributed by atoms with Crippen LogP contribution in [0.1, 0.15) is 31.9 Å². The molecular weight excluding hydrogens is 248 g/mol. The van der Waals surface area contributed by atoms with Crippen molar-refractivity contribution >= 4 is 11.9 Å². The van der Waals surface area contributed by atoms with Crippen molar-refractivity contribution in [3.8, 4) is 0 Å². The maximum atomic E-state index is 11.9. The fraction of sp³-hybridized carbons (Fsp3) is 0.538. The van der Waals surface area contributed by atoms with Crippen molar-refractivity contribution < 1.29 is 19.1 Å². The zero-order valence-electron chi connectivity index (χ0n) is 10.8. The number of hydrogen-bond acceptors (Lipinski definition) is 4. The fourth-order valence-electron chi connectivity index (χ4n) is 2.17. The molecule has 0 aliphatic heterocycles. The molecule has 1 aliphatic rings. The minimum atomic E-state index is -0.929. The van der Waals surface area contributed by atoms with Gasteiger partial charge in [0.15, 0.2) is 0 Å². The molecule has 0 spiro atoms. The summed E-state index contributed by atoms with van der Waals surface area (Å²) in [5, 5.41) is 14.8. The van der Waals surface area contributed by atoms with E-state index in [1.807, 2.05) is 0 Å². The molecule has 1 unspecified atom stereocenters. The first-order valence-electron chi connectivity index (χ1n) is 6.35. The van der Waals surface area contributed by atoms with Gasteiger partial charge in [-0.1, -0.05) is 0 Å². The van der Waals surface area contributed by atoms with Gasteiger partial charge in [0.1, 0.15) is 11.3 Å². The first kappa shape index (κ1) is 13.6. The largest absolute Gasteiger partial charge is 0.480 e. The number of carboxylic acids is 1. The van der Waals surface area contributed by atoms with Crippen LogP contribution < -0.4 is 10.6 Å².